The van der Waals surface area contributed by atoms with Gasteiger partial charge in [0.15, 0.2) is 5.84 Å². The highest BCUT2D eigenvalue weighted by Crippen LogP contribution is 2.19. The maximum absolute atomic E-state index is 13.1. The molecule has 0 saturated heterocycles. The zero-order chi connectivity index (χ0) is 12.1. The molecule has 0 aliphatic rings. The fourth-order valence-electron chi connectivity index (χ4n) is 1.24. The first kappa shape index (κ1) is 12.6. The van der Waals surface area contributed by atoms with Gasteiger partial charge in [0, 0.05) is 5.69 Å². The van der Waals surface area contributed by atoms with Crippen molar-refractivity contribution in [3.63, 3.8) is 0 Å². The Morgan fingerprint density at radius 1 is 1.69 bits per heavy atom. The fourth-order valence-corrected chi connectivity index (χ4v) is 1.36. The molecule has 16 heavy (non-hydrogen) atoms. The number of halogens is 2. The molecular formula is C10H13ClFN3O. The second kappa shape index (κ2) is 5.55. The van der Waals surface area contributed by atoms with E-state index in [0.717, 1.165) is 0 Å². The first-order chi connectivity index (χ1) is 7.58. The molecule has 0 saturated carbocycles. The quantitative estimate of drug-likeness (QED) is 0.330. The lowest BCUT2D eigenvalue weighted by molar-refractivity contribution is 0.316. The number of nitrogens with zero attached hydrogens (tertiary/aromatic N) is 1. The average Bonchev–Trinajstić information content (AvgIpc) is 2.29. The standard InChI is InChI=1S/C10H13ClFN3O/c1-2-9(10(13)15-16)14-6-3-4-7(11)8(12)5-6/h3-5,9,14,16H,2H2,1H3,(H2,13,15). The van der Waals surface area contributed by atoms with Crippen LogP contribution in [0.3, 0.4) is 0 Å². The van der Waals surface area contributed by atoms with E-state index >= 15 is 0 Å². The fraction of sp³-hybridized carbons (Fsp3) is 0.300. The maximum Gasteiger partial charge on any atom is 0.161 e. The molecule has 0 spiro atoms. The minimum absolute atomic E-state index is 0.0536. The van der Waals surface area contributed by atoms with Crippen LogP contribution in [-0.2, 0) is 0 Å². The summed E-state index contributed by atoms with van der Waals surface area (Å²) in [6.45, 7) is 1.86. The van der Waals surface area contributed by atoms with E-state index in [1.54, 1.807) is 6.07 Å². The van der Waals surface area contributed by atoms with Crippen LogP contribution in [0.1, 0.15) is 13.3 Å². The highest BCUT2D eigenvalue weighted by Gasteiger charge is 2.11. The summed E-state index contributed by atoms with van der Waals surface area (Å²) in [4.78, 5) is 0. The molecule has 0 amide bonds. The molecule has 0 bridgehead atoms. The number of nitrogens with two attached hydrogens (primary N) is 1. The minimum atomic E-state index is -0.513. The Morgan fingerprint density at radius 3 is 2.88 bits per heavy atom. The number of anilines is 1. The summed E-state index contributed by atoms with van der Waals surface area (Å²) in [5.74, 6) is -0.459. The largest absolute Gasteiger partial charge is 0.409 e. The number of amidine groups is 1. The van der Waals surface area contributed by atoms with Gasteiger partial charge in [-0.05, 0) is 24.6 Å². The van der Waals surface area contributed by atoms with Gasteiger partial charge in [-0.3, -0.25) is 0 Å². The molecule has 1 aromatic carbocycles. The summed E-state index contributed by atoms with van der Waals surface area (Å²) in [7, 11) is 0. The second-order valence-electron chi connectivity index (χ2n) is 3.26. The number of hydrogen-bond donors (Lipinski definition) is 3. The average molecular weight is 246 g/mol. The van der Waals surface area contributed by atoms with Crippen molar-refractivity contribution in [2.75, 3.05) is 5.32 Å². The van der Waals surface area contributed by atoms with Gasteiger partial charge in [-0.15, -0.1) is 0 Å². The number of benzene rings is 1. The summed E-state index contributed by atoms with van der Waals surface area (Å²) in [6, 6.07) is 3.98. The van der Waals surface area contributed by atoms with Crippen molar-refractivity contribution in [3.8, 4) is 0 Å². The monoisotopic (exact) mass is 245 g/mol. The van der Waals surface area contributed by atoms with Crippen molar-refractivity contribution in [2.24, 2.45) is 10.9 Å². The Balaban J connectivity index is 2.82. The number of hydrogen-bond acceptors (Lipinski definition) is 3. The van der Waals surface area contributed by atoms with Crippen molar-refractivity contribution in [1.29, 1.82) is 0 Å². The molecule has 0 heterocycles. The van der Waals surface area contributed by atoms with Gasteiger partial charge < -0.3 is 16.3 Å². The number of rotatable bonds is 4. The van der Waals surface area contributed by atoms with Crippen LogP contribution in [0.15, 0.2) is 23.4 Å². The van der Waals surface area contributed by atoms with Crippen LogP contribution >= 0.6 is 11.6 Å². The Kier molecular flexibility index (Phi) is 4.37. The zero-order valence-corrected chi connectivity index (χ0v) is 9.50. The normalized spacial score (nSPS) is 13.6. The molecule has 0 fully saturated rings. The molecule has 1 aromatic rings. The van der Waals surface area contributed by atoms with Gasteiger partial charge >= 0.3 is 0 Å². The third-order valence-electron chi connectivity index (χ3n) is 2.14. The molecule has 1 unspecified atom stereocenters. The molecule has 0 aliphatic heterocycles. The van der Waals surface area contributed by atoms with E-state index in [4.69, 9.17) is 22.5 Å². The van der Waals surface area contributed by atoms with Gasteiger partial charge in [0.2, 0.25) is 0 Å². The van der Waals surface area contributed by atoms with Crippen molar-refractivity contribution in [1.82, 2.24) is 0 Å². The van der Waals surface area contributed by atoms with E-state index < -0.39 is 5.82 Å². The van der Waals surface area contributed by atoms with Crippen LogP contribution in [0.2, 0.25) is 5.02 Å². The molecular weight excluding hydrogens is 233 g/mol. The second-order valence-corrected chi connectivity index (χ2v) is 3.67. The molecule has 88 valence electrons. The SMILES string of the molecule is CCC(Nc1ccc(Cl)c(F)c1)C(N)=NO. The van der Waals surface area contributed by atoms with E-state index in [9.17, 15) is 4.39 Å². The molecule has 0 aromatic heterocycles. The molecule has 1 atom stereocenters. The van der Waals surface area contributed by atoms with E-state index in [0.29, 0.717) is 12.1 Å². The van der Waals surface area contributed by atoms with E-state index in [1.165, 1.54) is 12.1 Å². The third kappa shape index (κ3) is 3.00. The van der Waals surface area contributed by atoms with Crippen LogP contribution in [-0.4, -0.2) is 17.1 Å². The molecule has 1 rings (SSSR count). The van der Waals surface area contributed by atoms with Crippen LogP contribution in [0.5, 0.6) is 0 Å². The van der Waals surface area contributed by atoms with Crippen LogP contribution in [0.4, 0.5) is 10.1 Å². The van der Waals surface area contributed by atoms with Gasteiger partial charge in [-0.1, -0.05) is 23.7 Å². The lowest BCUT2D eigenvalue weighted by atomic mass is 10.2. The van der Waals surface area contributed by atoms with Gasteiger partial charge in [0.05, 0.1) is 11.1 Å². The lowest BCUT2D eigenvalue weighted by Gasteiger charge is -2.16. The predicted molar refractivity (Wildman–Crippen MR) is 62.5 cm³/mol. The van der Waals surface area contributed by atoms with Crippen molar-refractivity contribution in [3.05, 3.63) is 29.0 Å². The Hall–Kier alpha value is -1.49. The topological polar surface area (TPSA) is 70.6 Å². The lowest BCUT2D eigenvalue weighted by Crippen LogP contribution is -2.35. The summed E-state index contributed by atoms with van der Waals surface area (Å²) in [5, 5.41) is 14.4. The first-order valence-electron chi connectivity index (χ1n) is 4.77. The van der Waals surface area contributed by atoms with E-state index in [-0.39, 0.29) is 16.9 Å². The van der Waals surface area contributed by atoms with Crippen molar-refractivity contribution < 1.29 is 9.60 Å². The summed E-state index contributed by atoms with van der Waals surface area (Å²) < 4.78 is 13.1. The summed E-state index contributed by atoms with van der Waals surface area (Å²) >= 11 is 5.55. The van der Waals surface area contributed by atoms with Gasteiger partial charge in [0.1, 0.15) is 5.82 Å². The van der Waals surface area contributed by atoms with E-state index in [2.05, 4.69) is 10.5 Å². The Labute approximate surface area is 97.9 Å². The Bertz CT molecular complexity index is 398. The van der Waals surface area contributed by atoms with E-state index in [1.807, 2.05) is 6.92 Å². The van der Waals surface area contributed by atoms with Crippen molar-refractivity contribution >= 4 is 23.1 Å². The summed E-state index contributed by atoms with van der Waals surface area (Å²) in [6.07, 6.45) is 0.611. The van der Waals surface area contributed by atoms with Crippen LogP contribution < -0.4 is 11.1 Å². The zero-order valence-electron chi connectivity index (χ0n) is 8.74. The molecule has 0 aliphatic carbocycles. The van der Waals surface area contributed by atoms with Gasteiger partial charge in [-0.2, -0.15) is 0 Å². The Morgan fingerprint density at radius 2 is 2.38 bits per heavy atom. The minimum Gasteiger partial charge on any atom is -0.409 e. The number of oxime groups is 1. The number of nitrogens with one attached hydrogen (secondary N) is 1. The van der Waals surface area contributed by atoms with Crippen molar-refractivity contribution in [2.45, 2.75) is 19.4 Å². The highest BCUT2D eigenvalue weighted by atomic mass is 35.5. The maximum atomic E-state index is 13.1. The molecule has 6 heteroatoms. The van der Waals surface area contributed by atoms with Gasteiger partial charge in [-0.25, -0.2) is 4.39 Å². The molecule has 4 N–H and O–H groups in total. The van der Waals surface area contributed by atoms with Crippen LogP contribution in [0, 0.1) is 5.82 Å². The smallest absolute Gasteiger partial charge is 0.161 e. The predicted octanol–water partition coefficient (Wildman–Crippen LogP) is 2.42. The third-order valence-corrected chi connectivity index (χ3v) is 2.45. The molecule has 4 nitrogen and oxygen atoms in total. The highest BCUT2D eigenvalue weighted by molar-refractivity contribution is 6.30. The van der Waals surface area contributed by atoms with Gasteiger partial charge in [0.25, 0.3) is 0 Å². The summed E-state index contributed by atoms with van der Waals surface area (Å²) in [5.41, 5.74) is 5.99. The first-order valence-corrected chi connectivity index (χ1v) is 5.15. The van der Waals surface area contributed by atoms with Crippen LogP contribution in [0.25, 0.3) is 0 Å². The molecule has 0 radical (unpaired) electrons.